The molecule has 4 atom stereocenters. The number of aliphatic carboxylic acids is 2. The molecule has 0 aliphatic carbocycles. The quantitative estimate of drug-likeness (QED) is 0.270. The average Bonchev–Trinajstić information content (AvgIpc) is 2.46. The van der Waals surface area contributed by atoms with Crippen molar-refractivity contribution in [3.8, 4) is 0 Å². The molecule has 0 aromatic rings. The summed E-state index contributed by atoms with van der Waals surface area (Å²) in [6, 6.07) is -3.72. The van der Waals surface area contributed by atoms with Crippen molar-refractivity contribution in [3.63, 3.8) is 0 Å². The number of rotatable bonds is 10. The van der Waals surface area contributed by atoms with Gasteiger partial charge < -0.3 is 31.7 Å². The van der Waals surface area contributed by atoms with E-state index in [1.165, 1.54) is 6.92 Å². The molecule has 0 radical (unpaired) electrons. The first-order chi connectivity index (χ1) is 11.0. The van der Waals surface area contributed by atoms with Gasteiger partial charge in [0, 0.05) is 6.42 Å². The van der Waals surface area contributed by atoms with Crippen LogP contribution in [-0.2, 0) is 19.2 Å². The molecule has 2 amide bonds. The molecule has 0 aromatic carbocycles. The lowest BCUT2D eigenvalue weighted by Gasteiger charge is -2.25. The fourth-order valence-corrected chi connectivity index (χ4v) is 1.82. The van der Waals surface area contributed by atoms with Crippen LogP contribution in [0.15, 0.2) is 0 Å². The Morgan fingerprint density at radius 1 is 0.958 bits per heavy atom. The second-order valence-corrected chi connectivity index (χ2v) is 5.84. The maximum atomic E-state index is 12.2. The van der Waals surface area contributed by atoms with Crippen LogP contribution in [0.25, 0.3) is 0 Å². The molecule has 7 N–H and O–H groups in total. The van der Waals surface area contributed by atoms with Crippen LogP contribution in [0.2, 0.25) is 0 Å². The lowest BCUT2D eigenvalue weighted by atomic mass is 10.0. The fourth-order valence-electron chi connectivity index (χ4n) is 1.82. The first-order valence-electron chi connectivity index (χ1n) is 7.46. The third kappa shape index (κ3) is 7.38. The van der Waals surface area contributed by atoms with E-state index < -0.39 is 48.0 Å². The number of carbonyl (C=O) groups is 4. The van der Waals surface area contributed by atoms with Crippen molar-refractivity contribution in [1.82, 2.24) is 10.6 Å². The van der Waals surface area contributed by atoms with Gasteiger partial charge in [-0.15, -0.1) is 0 Å². The summed E-state index contributed by atoms with van der Waals surface area (Å²) in [7, 11) is 0. The number of carboxylic acid groups (broad SMARTS) is 2. The summed E-state index contributed by atoms with van der Waals surface area (Å²) in [6.45, 7) is 4.51. The first kappa shape index (κ1) is 21.8. The molecular weight excluding hydrogens is 322 g/mol. The van der Waals surface area contributed by atoms with Crippen molar-refractivity contribution < 1.29 is 34.5 Å². The number of aliphatic hydroxyl groups excluding tert-OH is 1. The molecule has 0 aromatic heterocycles. The zero-order valence-electron chi connectivity index (χ0n) is 13.9. The highest BCUT2D eigenvalue weighted by Crippen LogP contribution is 2.05. The van der Waals surface area contributed by atoms with E-state index in [-0.39, 0.29) is 18.8 Å². The molecule has 0 aliphatic rings. The number of hydrogen-bond acceptors (Lipinski definition) is 6. The summed E-state index contributed by atoms with van der Waals surface area (Å²) in [4.78, 5) is 45.6. The summed E-state index contributed by atoms with van der Waals surface area (Å²) < 4.78 is 0. The highest BCUT2D eigenvalue weighted by Gasteiger charge is 2.31. The molecule has 0 bridgehead atoms. The van der Waals surface area contributed by atoms with E-state index in [0.29, 0.717) is 0 Å². The van der Waals surface area contributed by atoms with E-state index in [2.05, 4.69) is 10.6 Å². The molecule has 0 fully saturated rings. The Morgan fingerprint density at radius 3 is 1.88 bits per heavy atom. The van der Waals surface area contributed by atoms with Crippen LogP contribution in [0.3, 0.4) is 0 Å². The normalized spacial score (nSPS) is 15.9. The van der Waals surface area contributed by atoms with Crippen molar-refractivity contribution in [2.75, 3.05) is 0 Å². The summed E-state index contributed by atoms with van der Waals surface area (Å²) in [5.41, 5.74) is 5.30. The maximum absolute atomic E-state index is 12.2. The van der Waals surface area contributed by atoms with Gasteiger partial charge in [-0.3, -0.25) is 14.4 Å². The zero-order valence-corrected chi connectivity index (χ0v) is 13.9. The smallest absolute Gasteiger partial charge is 0.328 e. The SMILES string of the molecule is CC(C)[C@H](NC(=O)CC[C@H](N)C(=O)O)C(=O)N[C@H](C(=O)O)[C@@H](C)O. The predicted octanol–water partition coefficient (Wildman–Crippen LogP) is -1.73. The minimum Gasteiger partial charge on any atom is -0.480 e. The van der Waals surface area contributed by atoms with Crippen LogP contribution in [0.1, 0.15) is 33.6 Å². The Labute approximate surface area is 139 Å². The maximum Gasteiger partial charge on any atom is 0.328 e. The number of amides is 2. The highest BCUT2D eigenvalue weighted by atomic mass is 16.4. The number of nitrogens with one attached hydrogen (secondary N) is 2. The van der Waals surface area contributed by atoms with Gasteiger partial charge in [-0.1, -0.05) is 13.8 Å². The van der Waals surface area contributed by atoms with E-state index in [0.717, 1.165) is 0 Å². The number of hydrogen-bond donors (Lipinski definition) is 6. The van der Waals surface area contributed by atoms with Crippen LogP contribution >= 0.6 is 0 Å². The van der Waals surface area contributed by atoms with Gasteiger partial charge in [0.15, 0.2) is 6.04 Å². The lowest BCUT2D eigenvalue weighted by Crippen LogP contribution is -2.56. The number of carbonyl (C=O) groups excluding carboxylic acids is 2. The minimum absolute atomic E-state index is 0.0982. The van der Waals surface area contributed by atoms with Gasteiger partial charge in [-0.05, 0) is 19.3 Å². The topological polar surface area (TPSA) is 179 Å². The van der Waals surface area contributed by atoms with Gasteiger partial charge in [-0.25, -0.2) is 4.79 Å². The van der Waals surface area contributed by atoms with Gasteiger partial charge in [0.25, 0.3) is 0 Å². The minimum atomic E-state index is -1.50. The number of aliphatic hydroxyl groups is 1. The van der Waals surface area contributed by atoms with Crippen molar-refractivity contribution in [2.24, 2.45) is 11.7 Å². The van der Waals surface area contributed by atoms with Crippen molar-refractivity contribution >= 4 is 23.8 Å². The monoisotopic (exact) mass is 347 g/mol. The van der Waals surface area contributed by atoms with Crippen molar-refractivity contribution in [2.45, 2.75) is 57.8 Å². The Bertz CT molecular complexity index is 479. The van der Waals surface area contributed by atoms with Crippen LogP contribution in [0.4, 0.5) is 0 Å². The third-order valence-electron chi connectivity index (χ3n) is 3.31. The zero-order chi connectivity index (χ0) is 19.0. The lowest BCUT2D eigenvalue weighted by molar-refractivity contribution is -0.145. The van der Waals surface area contributed by atoms with Crippen LogP contribution in [0, 0.1) is 5.92 Å². The van der Waals surface area contributed by atoms with Gasteiger partial charge in [0.1, 0.15) is 12.1 Å². The van der Waals surface area contributed by atoms with E-state index in [4.69, 9.17) is 15.9 Å². The molecule has 138 valence electrons. The van der Waals surface area contributed by atoms with Crippen LogP contribution in [-0.4, -0.2) is 63.3 Å². The van der Waals surface area contributed by atoms with Gasteiger partial charge in [-0.2, -0.15) is 0 Å². The number of nitrogens with two attached hydrogens (primary N) is 1. The Morgan fingerprint density at radius 2 is 1.50 bits per heavy atom. The molecule has 10 heteroatoms. The van der Waals surface area contributed by atoms with E-state index in [1.54, 1.807) is 13.8 Å². The highest BCUT2D eigenvalue weighted by molar-refractivity contribution is 5.90. The summed E-state index contributed by atoms with van der Waals surface area (Å²) in [5.74, 6) is -4.33. The van der Waals surface area contributed by atoms with Gasteiger partial charge in [0.2, 0.25) is 11.8 Å². The van der Waals surface area contributed by atoms with E-state index >= 15 is 0 Å². The first-order valence-corrected chi connectivity index (χ1v) is 7.46. The molecule has 0 saturated carbocycles. The Hall–Kier alpha value is -2.20. The third-order valence-corrected chi connectivity index (χ3v) is 3.31. The molecule has 0 rings (SSSR count). The largest absolute Gasteiger partial charge is 0.480 e. The second kappa shape index (κ2) is 9.83. The van der Waals surface area contributed by atoms with Gasteiger partial charge >= 0.3 is 11.9 Å². The fraction of sp³-hybridized carbons (Fsp3) is 0.714. The Balaban J connectivity index is 4.79. The number of carboxylic acids is 2. The molecule has 0 spiro atoms. The van der Waals surface area contributed by atoms with Crippen molar-refractivity contribution in [1.29, 1.82) is 0 Å². The Kier molecular flexibility index (Phi) is 8.93. The van der Waals surface area contributed by atoms with Crippen LogP contribution < -0.4 is 16.4 Å². The summed E-state index contributed by atoms with van der Waals surface area (Å²) in [5, 5.41) is 31.6. The summed E-state index contributed by atoms with van der Waals surface area (Å²) in [6.07, 6.45) is -1.61. The molecule has 0 saturated heterocycles. The molecule has 0 aliphatic heterocycles. The molecular formula is C14H25N3O7. The molecule has 10 nitrogen and oxygen atoms in total. The standard InChI is InChI=1S/C14H25N3O7/c1-6(2)10(12(20)17-11(7(3)18)14(23)24)16-9(19)5-4-8(15)13(21)22/h6-8,10-11,18H,4-5,15H2,1-3H3,(H,16,19)(H,17,20)(H,21,22)(H,23,24)/t7-,8+,10+,11+/m1/s1. The molecule has 0 unspecified atom stereocenters. The molecule has 0 heterocycles. The van der Waals surface area contributed by atoms with Gasteiger partial charge in [0.05, 0.1) is 6.10 Å². The molecule has 24 heavy (non-hydrogen) atoms. The summed E-state index contributed by atoms with van der Waals surface area (Å²) >= 11 is 0. The van der Waals surface area contributed by atoms with E-state index in [1.807, 2.05) is 0 Å². The second-order valence-electron chi connectivity index (χ2n) is 5.84. The van der Waals surface area contributed by atoms with Crippen molar-refractivity contribution in [3.05, 3.63) is 0 Å². The van der Waals surface area contributed by atoms with Crippen LogP contribution in [0.5, 0.6) is 0 Å². The average molecular weight is 347 g/mol. The van der Waals surface area contributed by atoms with E-state index in [9.17, 15) is 24.3 Å². The predicted molar refractivity (Wildman–Crippen MR) is 82.9 cm³/mol.